The first-order valence-corrected chi connectivity index (χ1v) is 5.36. The normalized spacial score (nSPS) is 12.7. The SMILES string of the molecule is CC[C@H](CO)NCc1cc(Cl)ccc1O. The zero-order chi connectivity index (χ0) is 11.3. The maximum Gasteiger partial charge on any atom is 0.120 e. The number of nitrogens with one attached hydrogen (secondary N) is 1. The Balaban J connectivity index is 2.60. The molecule has 0 saturated heterocycles. The van der Waals surface area contributed by atoms with E-state index in [2.05, 4.69) is 5.32 Å². The van der Waals surface area contributed by atoms with Crippen molar-refractivity contribution in [1.29, 1.82) is 0 Å². The smallest absolute Gasteiger partial charge is 0.120 e. The highest BCUT2D eigenvalue weighted by Crippen LogP contribution is 2.21. The van der Waals surface area contributed by atoms with Crippen LogP contribution in [0.15, 0.2) is 18.2 Å². The summed E-state index contributed by atoms with van der Waals surface area (Å²) in [6, 6.07) is 4.99. The van der Waals surface area contributed by atoms with Crippen LogP contribution in [0.4, 0.5) is 0 Å². The molecule has 1 aromatic carbocycles. The molecule has 1 rings (SSSR count). The van der Waals surface area contributed by atoms with Gasteiger partial charge in [-0.05, 0) is 24.6 Å². The molecule has 0 saturated carbocycles. The van der Waals surface area contributed by atoms with E-state index in [0.29, 0.717) is 11.6 Å². The summed E-state index contributed by atoms with van der Waals surface area (Å²) < 4.78 is 0. The van der Waals surface area contributed by atoms with Gasteiger partial charge in [0.15, 0.2) is 0 Å². The summed E-state index contributed by atoms with van der Waals surface area (Å²) in [7, 11) is 0. The second kappa shape index (κ2) is 5.95. The van der Waals surface area contributed by atoms with Gasteiger partial charge in [0.25, 0.3) is 0 Å². The first-order valence-electron chi connectivity index (χ1n) is 4.99. The highest BCUT2D eigenvalue weighted by Gasteiger charge is 2.06. The summed E-state index contributed by atoms with van der Waals surface area (Å²) in [5, 5.41) is 22.2. The zero-order valence-corrected chi connectivity index (χ0v) is 9.46. The number of benzene rings is 1. The summed E-state index contributed by atoms with van der Waals surface area (Å²) in [6.07, 6.45) is 0.845. The lowest BCUT2D eigenvalue weighted by Gasteiger charge is -2.14. The average molecular weight is 230 g/mol. The summed E-state index contributed by atoms with van der Waals surface area (Å²) in [6.45, 7) is 2.59. The van der Waals surface area contributed by atoms with Crippen LogP contribution < -0.4 is 5.32 Å². The van der Waals surface area contributed by atoms with Crippen LogP contribution in [-0.4, -0.2) is 22.9 Å². The molecule has 0 spiro atoms. The van der Waals surface area contributed by atoms with Crippen LogP contribution in [0.25, 0.3) is 0 Å². The minimum absolute atomic E-state index is 0.0587. The highest BCUT2D eigenvalue weighted by molar-refractivity contribution is 6.30. The minimum Gasteiger partial charge on any atom is -0.508 e. The second-order valence-electron chi connectivity index (χ2n) is 3.44. The Bertz CT molecular complexity index is 313. The van der Waals surface area contributed by atoms with Crippen molar-refractivity contribution in [1.82, 2.24) is 5.32 Å². The van der Waals surface area contributed by atoms with Crippen molar-refractivity contribution in [3.8, 4) is 5.75 Å². The van der Waals surface area contributed by atoms with E-state index in [1.807, 2.05) is 6.92 Å². The van der Waals surface area contributed by atoms with Crippen molar-refractivity contribution in [3.05, 3.63) is 28.8 Å². The molecular formula is C11H16ClNO2. The Morgan fingerprint density at radius 2 is 2.20 bits per heavy atom. The lowest BCUT2D eigenvalue weighted by atomic mass is 10.1. The molecule has 3 nitrogen and oxygen atoms in total. The van der Waals surface area contributed by atoms with Crippen molar-refractivity contribution in [2.24, 2.45) is 0 Å². The number of rotatable bonds is 5. The van der Waals surface area contributed by atoms with Crippen molar-refractivity contribution < 1.29 is 10.2 Å². The summed E-state index contributed by atoms with van der Waals surface area (Å²) >= 11 is 5.81. The molecule has 0 radical (unpaired) electrons. The molecule has 0 heterocycles. The van der Waals surface area contributed by atoms with Crippen LogP contribution >= 0.6 is 11.6 Å². The van der Waals surface area contributed by atoms with Gasteiger partial charge in [-0.25, -0.2) is 0 Å². The van der Waals surface area contributed by atoms with Gasteiger partial charge in [0.1, 0.15) is 5.75 Å². The zero-order valence-electron chi connectivity index (χ0n) is 8.70. The van der Waals surface area contributed by atoms with Gasteiger partial charge in [-0.15, -0.1) is 0 Å². The Hall–Kier alpha value is -0.770. The van der Waals surface area contributed by atoms with Gasteiger partial charge in [0, 0.05) is 23.2 Å². The third-order valence-electron chi connectivity index (χ3n) is 2.34. The Kier molecular flexibility index (Phi) is 4.88. The quantitative estimate of drug-likeness (QED) is 0.723. The van der Waals surface area contributed by atoms with Crippen molar-refractivity contribution in [3.63, 3.8) is 0 Å². The van der Waals surface area contributed by atoms with Crippen LogP contribution in [0.3, 0.4) is 0 Å². The van der Waals surface area contributed by atoms with E-state index < -0.39 is 0 Å². The lowest BCUT2D eigenvalue weighted by molar-refractivity contribution is 0.238. The van der Waals surface area contributed by atoms with E-state index in [0.717, 1.165) is 12.0 Å². The number of halogens is 1. The van der Waals surface area contributed by atoms with Crippen LogP contribution in [0.1, 0.15) is 18.9 Å². The average Bonchev–Trinajstić information content (AvgIpc) is 2.24. The number of hydrogen-bond donors (Lipinski definition) is 3. The lowest BCUT2D eigenvalue weighted by Crippen LogP contribution is -2.31. The van der Waals surface area contributed by atoms with Crippen LogP contribution in [0.2, 0.25) is 5.02 Å². The summed E-state index contributed by atoms with van der Waals surface area (Å²) in [4.78, 5) is 0. The number of aromatic hydroxyl groups is 1. The molecule has 0 bridgehead atoms. The molecule has 1 atom stereocenters. The van der Waals surface area contributed by atoms with Gasteiger partial charge in [-0.3, -0.25) is 0 Å². The van der Waals surface area contributed by atoms with Gasteiger partial charge in [-0.1, -0.05) is 18.5 Å². The predicted molar refractivity (Wildman–Crippen MR) is 61.1 cm³/mol. The molecule has 0 aliphatic heterocycles. The van der Waals surface area contributed by atoms with Crippen LogP contribution in [0.5, 0.6) is 5.75 Å². The monoisotopic (exact) mass is 229 g/mol. The van der Waals surface area contributed by atoms with E-state index in [1.54, 1.807) is 18.2 Å². The topological polar surface area (TPSA) is 52.5 Å². The minimum atomic E-state index is 0.0587. The largest absolute Gasteiger partial charge is 0.508 e. The Labute approximate surface area is 94.7 Å². The number of aliphatic hydroxyl groups excluding tert-OH is 1. The van der Waals surface area contributed by atoms with Gasteiger partial charge in [-0.2, -0.15) is 0 Å². The fraction of sp³-hybridized carbons (Fsp3) is 0.455. The van der Waals surface area contributed by atoms with Crippen LogP contribution in [0, 0.1) is 0 Å². The molecule has 4 heteroatoms. The van der Waals surface area contributed by atoms with Crippen molar-refractivity contribution in [2.45, 2.75) is 25.9 Å². The standard InChI is InChI=1S/C11H16ClNO2/c1-2-10(7-14)13-6-8-5-9(12)3-4-11(8)15/h3-5,10,13-15H,2,6-7H2,1H3/t10-/m1/s1. The number of hydrogen-bond acceptors (Lipinski definition) is 3. The van der Waals surface area contributed by atoms with E-state index in [9.17, 15) is 5.11 Å². The molecule has 0 amide bonds. The van der Waals surface area contributed by atoms with E-state index in [1.165, 1.54) is 0 Å². The van der Waals surface area contributed by atoms with Gasteiger partial charge >= 0.3 is 0 Å². The first kappa shape index (κ1) is 12.3. The molecule has 0 fully saturated rings. The third-order valence-corrected chi connectivity index (χ3v) is 2.57. The van der Waals surface area contributed by atoms with Crippen LogP contribution in [-0.2, 0) is 6.54 Å². The highest BCUT2D eigenvalue weighted by atomic mass is 35.5. The third kappa shape index (κ3) is 3.70. The number of phenolic OH excluding ortho intramolecular Hbond substituents is 1. The molecular weight excluding hydrogens is 214 g/mol. The van der Waals surface area contributed by atoms with E-state index in [4.69, 9.17) is 16.7 Å². The molecule has 0 aliphatic rings. The van der Waals surface area contributed by atoms with Crippen molar-refractivity contribution >= 4 is 11.6 Å². The van der Waals surface area contributed by atoms with Gasteiger partial charge in [0.05, 0.1) is 6.61 Å². The van der Waals surface area contributed by atoms with E-state index in [-0.39, 0.29) is 18.4 Å². The molecule has 0 aromatic heterocycles. The number of phenols is 1. The van der Waals surface area contributed by atoms with Gasteiger partial charge in [0.2, 0.25) is 0 Å². The predicted octanol–water partition coefficient (Wildman–Crippen LogP) is 1.91. The molecule has 1 aromatic rings. The molecule has 84 valence electrons. The summed E-state index contributed by atoms with van der Waals surface area (Å²) in [5.41, 5.74) is 0.745. The van der Waals surface area contributed by atoms with Crippen molar-refractivity contribution in [2.75, 3.05) is 6.61 Å². The Morgan fingerprint density at radius 1 is 1.47 bits per heavy atom. The molecule has 3 N–H and O–H groups in total. The Morgan fingerprint density at radius 3 is 2.80 bits per heavy atom. The maximum absolute atomic E-state index is 9.53. The summed E-state index contributed by atoms with van der Waals surface area (Å²) in [5.74, 6) is 0.222. The second-order valence-corrected chi connectivity index (χ2v) is 3.88. The molecule has 0 aliphatic carbocycles. The molecule has 15 heavy (non-hydrogen) atoms. The number of aliphatic hydroxyl groups is 1. The van der Waals surface area contributed by atoms with E-state index >= 15 is 0 Å². The fourth-order valence-electron chi connectivity index (χ4n) is 1.29. The fourth-order valence-corrected chi connectivity index (χ4v) is 1.48. The maximum atomic E-state index is 9.53. The van der Waals surface area contributed by atoms with Gasteiger partial charge < -0.3 is 15.5 Å². The molecule has 0 unspecified atom stereocenters. The first-order chi connectivity index (χ1) is 7.17.